The molecule has 1 fully saturated rings. The number of ether oxygens (including phenoxy) is 2. The number of methoxy groups -OCH3 is 1. The van der Waals surface area contributed by atoms with Crippen LogP contribution in [-0.4, -0.2) is 38.9 Å². The van der Waals surface area contributed by atoms with Crippen LogP contribution in [0, 0.1) is 0 Å². The normalized spacial score (nSPS) is 17.9. The third kappa shape index (κ3) is 3.82. The van der Waals surface area contributed by atoms with Crippen LogP contribution in [-0.2, 0) is 14.3 Å². The van der Waals surface area contributed by atoms with Crippen molar-refractivity contribution in [1.82, 2.24) is 5.32 Å². The lowest BCUT2D eigenvalue weighted by Crippen LogP contribution is -2.41. The predicted molar refractivity (Wildman–Crippen MR) is 55.7 cm³/mol. The van der Waals surface area contributed by atoms with Gasteiger partial charge in [-0.1, -0.05) is 0 Å². The van der Waals surface area contributed by atoms with Crippen molar-refractivity contribution in [2.75, 3.05) is 20.8 Å². The topological polar surface area (TPSA) is 47.6 Å². The van der Waals surface area contributed by atoms with Gasteiger partial charge in [-0.3, -0.25) is 4.79 Å². The second-order valence-electron chi connectivity index (χ2n) is 3.25. The zero-order chi connectivity index (χ0) is 9.68. The first-order valence-electron chi connectivity index (χ1n) is 4.64. The monoisotopic (exact) mass is 223 g/mol. The molecule has 14 heavy (non-hydrogen) atoms. The highest BCUT2D eigenvalue weighted by atomic mass is 35.5. The van der Waals surface area contributed by atoms with Crippen LogP contribution in [0.25, 0.3) is 0 Å². The van der Waals surface area contributed by atoms with Crippen LogP contribution < -0.4 is 5.32 Å². The molecule has 0 spiro atoms. The Kier molecular flexibility index (Phi) is 6.87. The Balaban J connectivity index is 0.00000169. The van der Waals surface area contributed by atoms with Crippen LogP contribution in [0.2, 0.25) is 0 Å². The summed E-state index contributed by atoms with van der Waals surface area (Å²) >= 11 is 0. The highest BCUT2D eigenvalue weighted by Gasteiger charge is 2.22. The summed E-state index contributed by atoms with van der Waals surface area (Å²) in [6.45, 7) is 0.411. The molecule has 0 aromatic heterocycles. The van der Waals surface area contributed by atoms with E-state index < -0.39 is 0 Å². The molecule has 5 heteroatoms. The first-order chi connectivity index (χ1) is 6.27. The average Bonchev–Trinajstić information content (AvgIpc) is 2.08. The number of rotatable bonds is 5. The maximum atomic E-state index is 11.1. The van der Waals surface area contributed by atoms with Gasteiger partial charge in [-0.25, -0.2) is 0 Å². The molecule has 1 aliphatic rings. The summed E-state index contributed by atoms with van der Waals surface area (Å²) < 4.78 is 10.1. The van der Waals surface area contributed by atoms with Gasteiger partial charge >= 0.3 is 5.97 Å². The van der Waals surface area contributed by atoms with Gasteiger partial charge in [0.1, 0.15) is 6.04 Å². The highest BCUT2D eigenvalue weighted by molar-refractivity contribution is 5.85. The fraction of sp³-hybridized carbons (Fsp3) is 0.889. The molecule has 0 aliphatic heterocycles. The molecule has 1 rings (SSSR count). The summed E-state index contributed by atoms with van der Waals surface area (Å²) in [5.74, 6) is -0.262. The zero-order valence-corrected chi connectivity index (χ0v) is 9.43. The number of hydrogen-bond donors (Lipinski definition) is 1. The van der Waals surface area contributed by atoms with Crippen molar-refractivity contribution in [3.8, 4) is 0 Å². The molecular weight excluding hydrogens is 206 g/mol. The van der Waals surface area contributed by atoms with Crippen molar-refractivity contribution in [3.63, 3.8) is 0 Å². The van der Waals surface area contributed by atoms with Crippen LogP contribution in [0.4, 0.5) is 0 Å². The van der Waals surface area contributed by atoms with Gasteiger partial charge in [-0.15, -0.1) is 12.4 Å². The molecule has 1 N–H and O–H groups in total. The number of nitrogens with one attached hydrogen (secondary N) is 1. The molecule has 0 aromatic rings. The second-order valence-corrected chi connectivity index (χ2v) is 3.25. The van der Waals surface area contributed by atoms with Crippen LogP contribution in [0.1, 0.15) is 19.3 Å². The molecule has 1 saturated carbocycles. The van der Waals surface area contributed by atoms with E-state index in [0.717, 1.165) is 12.8 Å². The standard InChI is InChI=1S/C9H17NO3.ClH/c1-10-8(9(11)12-2)6-13-7-4-3-5-7;/h7-8,10H,3-6H2,1-2H3;1H. The number of hydrogen-bond acceptors (Lipinski definition) is 4. The molecule has 0 aromatic carbocycles. The minimum absolute atomic E-state index is 0. The zero-order valence-electron chi connectivity index (χ0n) is 8.62. The molecule has 1 aliphatic carbocycles. The fourth-order valence-corrected chi connectivity index (χ4v) is 1.18. The number of halogens is 1. The maximum Gasteiger partial charge on any atom is 0.325 e. The molecule has 1 atom stereocenters. The first-order valence-corrected chi connectivity index (χ1v) is 4.64. The van der Waals surface area contributed by atoms with E-state index in [0.29, 0.717) is 12.7 Å². The van der Waals surface area contributed by atoms with Gasteiger partial charge in [0.15, 0.2) is 0 Å². The number of carbonyl (C=O) groups excluding carboxylic acids is 1. The number of carbonyl (C=O) groups is 1. The smallest absolute Gasteiger partial charge is 0.325 e. The molecule has 1 unspecified atom stereocenters. The van der Waals surface area contributed by atoms with E-state index in [1.54, 1.807) is 7.05 Å². The Labute approximate surface area is 90.7 Å². The number of likely N-dealkylation sites (N-methyl/N-ethyl adjacent to an activating group) is 1. The van der Waals surface area contributed by atoms with E-state index in [2.05, 4.69) is 10.1 Å². The van der Waals surface area contributed by atoms with Gasteiger partial charge in [-0.2, -0.15) is 0 Å². The lowest BCUT2D eigenvalue weighted by Gasteiger charge is -2.27. The molecule has 0 bridgehead atoms. The Hall–Kier alpha value is -0.320. The van der Waals surface area contributed by atoms with Gasteiger partial charge in [0.2, 0.25) is 0 Å². The molecule has 0 heterocycles. The van der Waals surface area contributed by atoms with Gasteiger partial charge in [-0.05, 0) is 26.3 Å². The SMILES string of the molecule is CNC(COC1CCC1)C(=O)OC.Cl. The van der Waals surface area contributed by atoms with Crippen LogP contribution in [0.15, 0.2) is 0 Å². The Bertz CT molecular complexity index is 173. The van der Waals surface area contributed by atoms with E-state index >= 15 is 0 Å². The Morgan fingerprint density at radius 2 is 2.21 bits per heavy atom. The van der Waals surface area contributed by atoms with Gasteiger partial charge in [0.05, 0.1) is 19.8 Å². The average molecular weight is 224 g/mol. The van der Waals surface area contributed by atoms with Crippen LogP contribution in [0.3, 0.4) is 0 Å². The summed E-state index contributed by atoms with van der Waals surface area (Å²) in [7, 11) is 3.11. The van der Waals surface area contributed by atoms with Crippen LogP contribution in [0.5, 0.6) is 0 Å². The molecule has 84 valence electrons. The van der Waals surface area contributed by atoms with Crippen molar-refractivity contribution in [2.24, 2.45) is 0 Å². The van der Waals surface area contributed by atoms with Crippen molar-refractivity contribution in [3.05, 3.63) is 0 Å². The molecular formula is C9H18ClNO3. The van der Waals surface area contributed by atoms with Gasteiger partial charge in [0, 0.05) is 0 Å². The van der Waals surface area contributed by atoms with Crippen molar-refractivity contribution in [2.45, 2.75) is 31.4 Å². The van der Waals surface area contributed by atoms with Gasteiger partial charge < -0.3 is 14.8 Å². The van der Waals surface area contributed by atoms with E-state index in [1.165, 1.54) is 13.5 Å². The fourth-order valence-electron chi connectivity index (χ4n) is 1.18. The lowest BCUT2D eigenvalue weighted by atomic mass is 9.96. The van der Waals surface area contributed by atoms with E-state index in [1.807, 2.05) is 0 Å². The third-order valence-electron chi connectivity index (χ3n) is 2.38. The summed E-state index contributed by atoms with van der Waals surface area (Å²) in [6, 6.07) is -0.328. The Morgan fingerprint density at radius 3 is 2.57 bits per heavy atom. The second kappa shape index (κ2) is 7.04. The minimum atomic E-state index is -0.328. The quantitative estimate of drug-likeness (QED) is 0.699. The predicted octanol–water partition coefficient (Wildman–Crippen LogP) is 0.738. The summed E-state index contributed by atoms with van der Waals surface area (Å²) in [6.07, 6.45) is 3.85. The summed E-state index contributed by atoms with van der Waals surface area (Å²) in [5.41, 5.74) is 0. The molecule has 0 saturated heterocycles. The van der Waals surface area contributed by atoms with Crippen LogP contribution >= 0.6 is 12.4 Å². The number of esters is 1. The van der Waals surface area contributed by atoms with Crippen molar-refractivity contribution >= 4 is 18.4 Å². The van der Waals surface area contributed by atoms with E-state index in [4.69, 9.17) is 4.74 Å². The van der Waals surface area contributed by atoms with Gasteiger partial charge in [0.25, 0.3) is 0 Å². The van der Waals surface area contributed by atoms with E-state index in [-0.39, 0.29) is 24.4 Å². The molecule has 0 radical (unpaired) electrons. The summed E-state index contributed by atoms with van der Waals surface area (Å²) in [4.78, 5) is 11.1. The van der Waals surface area contributed by atoms with E-state index in [9.17, 15) is 4.79 Å². The van der Waals surface area contributed by atoms with Crippen molar-refractivity contribution < 1.29 is 14.3 Å². The first kappa shape index (κ1) is 13.7. The highest BCUT2D eigenvalue weighted by Crippen LogP contribution is 2.21. The minimum Gasteiger partial charge on any atom is -0.468 e. The lowest BCUT2D eigenvalue weighted by molar-refractivity contribution is -0.145. The Morgan fingerprint density at radius 1 is 1.57 bits per heavy atom. The van der Waals surface area contributed by atoms with Crippen molar-refractivity contribution in [1.29, 1.82) is 0 Å². The molecule has 4 nitrogen and oxygen atoms in total. The summed E-state index contributed by atoms with van der Waals surface area (Å²) in [5, 5.41) is 2.86. The third-order valence-corrected chi connectivity index (χ3v) is 2.38. The largest absolute Gasteiger partial charge is 0.468 e. The maximum absolute atomic E-state index is 11.1. The molecule has 0 amide bonds.